The first kappa shape index (κ1) is 12.0. The van der Waals surface area contributed by atoms with Crippen molar-refractivity contribution in [1.82, 2.24) is 4.98 Å². The zero-order valence-corrected chi connectivity index (χ0v) is 9.84. The molecule has 0 fully saturated rings. The Morgan fingerprint density at radius 1 is 1.28 bits per heavy atom. The number of benzene rings is 1. The van der Waals surface area contributed by atoms with E-state index in [0.717, 1.165) is 12.0 Å². The molecule has 0 amide bonds. The SMILES string of the molecule is CCc1cc[nH]c1C(=O)c1ccc([N+](=O)[O-])cc1. The molecule has 0 radical (unpaired) electrons. The molecule has 0 saturated carbocycles. The fraction of sp³-hybridized carbons (Fsp3) is 0.154. The van der Waals surface area contributed by atoms with Gasteiger partial charge in [-0.25, -0.2) is 0 Å². The van der Waals surface area contributed by atoms with Crippen LogP contribution >= 0.6 is 0 Å². The molecule has 1 aromatic carbocycles. The molecule has 5 heteroatoms. The fourth-order valence-corrected chi connectivity index (χ4v) is 1.79. The molecule has 0 unspecified atom stereocenters. The molecule has 1 aromatic heterocycles. The predicted molar refractivity (Wildman–Crippen MR) is 66.7 cm³/mol. The zero-order valence-electron chi connectivity index (χ0n) is 9.84. The quantitative estimate of drug-likeness (QED) is 0.510. The van der Waals surface area contributed by atoms with Crippen LogP contribution in [0, 0.1) is 10.1 Å². The first-order chi connectivity index (χ1) is 8.63. The minimum absolute atomic E-state index is 0.0197. The standard InChI is InChI=1S/C13H12N2O3/c1-2-9-7-8-14-12(9)13(16)10-3-5-11(6-4-10)15(17)18/h3-8,14H,2H2,1H3. The predicted octanol–water partition coefficient (Wildman–Crippen LogP) is 2.72. The van der Waals surface area contributed by atoms with Crippen LogP contribution in [-0.4, -0.2) is 15.7 Å². The van der Waals surface area contributed by atoms with E-state index in [-0.39, 0.29) is 11.5 Å². The molecule has 0 atom stereocenters. The summed E-state index contributed by atoms with van der Waals surface area (Å²) in [5.41, 5.74) is 1.91. The summed E-state index contributed by atoms with van der Waals surface area (Å²) in [6.07, 6.45) is 2.48. The number of ketones is 1. The second-order valence-electron chi connectivity index (χ2n) is 3.86. The minimum Gasteiger partial charge on any atom is -0.358 e. The number of nitro benzene ring substituents is 1. The molecule has 2 rings (SSSR count). The monoisotopic (exact) mass is 244 g/mol. The van der Waals surface area contributed by atoms with E-state index in [2.05, 4.69) is 4.98 Å². The van der Waals surface area contributed by atoms with E-state index in [4.69, 9.17) is 0 Å². The van der Waals surface area contributed by atoms with Crippen molar-refractivity contribution >= 4 is 11.5 Å². The maximum atomic E-state index is 12.2. The number of aromatic amines is 1. The number of aromatic nitrogens is 1. The lowest BCUT2D eigenvalue weighted by Gasteiger charge is -2.01. The van der Waals surface area contributed by atoms with Crippen molar-refractivity contribution in [3.05, 3.63) is 63.5 Å². The van der Waals surface area contributed by atoms with Gasteiger partial charge in [0.15, 0.2) is 0 Å². The van der Waals surface area contributed by atoms with Crippen LogP contribution in [0.25, 0.3) is 0 Å². The van der Waals surface area contributed by atoms with Gasteiger partial charge in [-0.05, 0) is 30.2 Å². The van der Waals surface area contributed by atoms with E-state index in [0.29, 0.717) is 11.3 Å². The number of rotatable bonds is 4. The summed E-state index contributed by atoms with van der Waals surface area (Å²) in [5.74, 6) is -0.147. The van der Waals surface area contributed by atoms with Crippen molar-refractivity contribution in [1.29, 1.82) is 0 Å². The van der Waals surface area contributed by atoms with E-state index in [1.54, 1.807) is 6.20 Å². The Bertz CT molecular complexity index is 585. The molecule has 18 heavy (non-hydrogen) atoms. The third-order valence-electron chi connectivity index (χ3n) is 2.78. The smallest absolute Gasteiger partial charge is 0.269 e. The molecule has 1 heterocycles. The highest BCUT2D eigenvalue weighted by Crippen LogP contribution is 2.17. The summed E-state index contributed by atoms with van der Waals surface area (Å²) in [6, 6.07) is 7.48. The van der Waals surface area contributed by atoms with Crippen molar-refractivity contribution in [3.63, 3.8) is 0 Å². The molecular weight excluding hydrogens is 232 g/mol. The Morgan fingerprint density at radius 3 is 2.50 bits per heavy atom. The third-order valence-corrected chi connectivity index (χ3v) is 2.78. The number of nitro groups is 1. The summed E-state index contributed by atoms with van der Waals surface area (Å²) >= 11 is 0. The third kappa shape index (κ3) is 2.15. The number of carbonyl (C=O) groups excluding carboxylic acids is 1. The maximum Gasteiger partial charge on any atom is 0.269 e. The number of nitrogens with zero attached hydrogens (tertiary/aromatic N) is 1. The van der Waals surface area contributed by atoms with Crippen molar-refractivity contribution in [2.24, 2.45) is 0 Å². The van der Waals surface area contributed by atoms with E-state index in [9.17, 15) is 14.9 Å². The molecule has 0 saturated heterocycles. The zero-order chi connectivity index (χ0) is 13.1. The van der Waals surface area contributed by atoms with Gasteiger partial charge in [0.2, 0.25) is 5.78 Å². The van der Waals surface area contributed by atoms with Crippen LogP contribution in [0.5, 0.6) is 0 Å². The minimum atomic E-state index is -0.486. The average Bonchev–Trinajstić information content (AvgIpc) is 2.86. The second-order valence-corrected chi connectivity index (χ2v) is 3.86. The summed E-state index contributed by atoms with van der Waals surface area (Å²) in [6.45, 7) is 1.97. The van der Waals surface area contributed by atoms with Gasteiger partial charge in [0.05, 0.1) is 10.6 Å². The van der Waals surface area contributed by atoms with Crippen LogP contribution in [0.1, 0.15) is 28.5 Å². The van der Waals surface area contributed by atoms with E-state index >= 15 is 0 Å². The number of hydrogen-bond acceptors (Lipinski definition) is 3. The lowest BCUT2D eigenvalue weighted by molar-refractivity contribution is -0.384. The van der Waals surface area contributed by atoms with Crippen LogP contribution in [-0.2, 0) is 6.42 Å². The average molecular weight is 244 g/mol. The number of non-ortho nitro benzene ring substituents is 1. The number of hydrogen-bond donors (Lipinski definition) is 1. The van der Waals surface area contributed by atoms with Gasteiger partial charge >= 0.3 is 0 Å². The Balaban J connectivity index is 2.32. The van der Waals surface area contributed by atoms with Gasteiger partial charge in [-0.3, -0.25) is 14.9 Å². The second kappa shape index (κ2) is 4.83. The largest absolute Gasteiger partial charge is 0.358 e. The lowest BCUT2D eigenvalue weighted by Crippen LogP contribution is -2.04. The molecule has 92 valence electrons. The van der Waals surface area contributed by atoms with Crippen LogP contribution < -0.4 is 0 Å². The Morgan fingerprint density at radius 2 is 1.94 bits per heavy atom. The van der Waals surface area contributed by atoms with E-state index in [1.807, 2.05) is 13.0 Å². The van der Waals surface area contributed by atoms with Gasteiger partial charge in [0.25, 0.3) is 5.69 Å². The Hall–Kier alpha value is -2.43. The molecule has 0 bridgehead atoms. The van der Waals surface area contributed by atoms with Crippen LogP contribution in [0.3, 0.4) is 0 Å². The van der Waals surface area contributed by atoms with Crippen molar-refractivity contribution in [2.75, 3.05) is 0 Å². The number of aryl methyl sites for hydroxylation is 1. The molecule has 1 N–H and O–H groups in total. The van der Waals surface area contributed by atoms with Gasteiger partial charge in [-0.2, -0.15) is 0 Å². The molecule has 0 aliphatic carbocycles. The first-order valence-corrected chi connectivity index (χ1v) is 5.59. The number of nitrogens with one attached hydrogen (secondary N) is 1. The van der Waals surface area contributed by atoms with Crippen LogP contribution in [0.2, 0.25) is 0 Å². The molecule has 0 spiro atoms. The topological polar surface area (TPSA) is 76.0 Å². The van der Waals surface area contributed by atoms with Gasteiger partial charge < -0.3 is 4.98 Å². The normalized spacial score (nSPS) is 10.3. The molecule has 2 aromatic rings. The molecule has 5 nitrogen and oxygen atoms in total. The van der Waals surface area contributed by atoms with Gasteiger partial charge in [-0.1, -0.05) is 6.92 Å². The summed E-state index contributed by atoms with van der Waals surface area (Å²) in [4.78, 5) is 25.1. The molecular formula is C13H12N2O3. The maximum absolute atomic E-state index is 12.2. The highest BCUT2D eigenvalue weighted by Gasteiger charge is 2.15. The van der Waals surface area contributed by atoms with Crippen molar-refractivity contribution in [3.8, 4) is 0 Å². The molecule has 0 aliphatic rings. The highest BCUT2D eigenvalue weighted by atomic mass is 16.6. The van der Waals surface area contributed by atoms with Crippen LogP contribution in [0.15, 0.2) is 36.5 Å². The van der Waals surface area contributed by atoms with Crippen molar-refractivity contribution in [2.45, 2.75) is 13.3 Å². The Labute approximate surface area is 104 Å². The van der Waals surface area contributed by atoms with E-state index in [1.165, 1.54) is 24.3 Å². The van der Waals surface area contributed by atoms with Crippen LogP contribution in [0.4, 0.5) is 5.69 Å². The lowest BCUT2D eigenvalue weighted by atomic mass is 10.0. The van der Waals surface area contributed by atoms with Gasteiger partial charge in [0.1, 0.15) is 0 Å². The summed E-state index contributed by atoms with van der Waals surface area (Å²) in [5, 5.41) is 10.5. The first-order valence-electron chi connectivity index (χ1n) is 5.59. The molecule has 0 aliphatic heterocycles. The fourth-order valence-electron chi connectivity index (χ4n) is 1.79. The van der Waals surface area contributed by atoms with Gasteiger partial charge in [0, 0.05) is 23.9 Å². The number of H-pyrrole nitrogens is 1. The van der Waals surface area contributed by atoms with Gasteiger partial charge in [-0.15, -0.1) is 0 Å². The summed E-state index contributed by atoms with van der Waals surface area (Å²) < 4.78 is 0. The highest BCUT2D eigenvalue weighted by molar-refractivity contribution is 6.08. The van der Waals surface area contributed by atoms with Crippen molar-refractivity contribution < 1.29 is 9.72 Å². The number of carbonyl (C=O) groups is 1. The van der Waals surface area contributed by atoms with E-state index < -0.39 is 4.92 Å². The Kier molecular flexibility index (Phi) is 3.23. The summed E-state index contributed by atoms with van der Waals surface area (Å²) in [7, 11) is 0.